The minimum atomic E-state index is -0.0376. The summed E-state index contributed by atoms with van der Waals surface area (Å²) in [5.74, 6) is 0.196. The van der Waals surface area contributed by atoms with Gasteiger partial charge in [0, 0.05) is 32.3 Å². The number of rotatable bonds is 7. The van der Waals surface area contributed by atoms with Gasteiger partial charge in [-0.3, -0.25) is 9.59 Å². The number of nitrogens with one attached hydrogen (secondary N) is 1. The van der Waals surface area contributed by atoms with E-state index in [4.69, 9.17) is 0 Å². The van der Waals surface area contributed by atoms with Gasteiger partial charge in [0.1, 0.15) is 0 Å². The third-order valence-electron chi connectivity index (χ3n) is 5.08. The number of hydrogen-bond donors (Lipinski definition) is 1. The fraction of sp³-hybridized carbons (Fsp3) is 0.261. The molecule has 3 aromatic rings. The van der Waals surface area contributed by atoms with Crippen LogP contribution in [0.1, 0.15) is 29.5 Å². The van der Waals surface area contributed by atoms with Crippen LogP contribution in [0.25, 0.3) is 5.69 Å². The summed E-state index contributed by atoms with van der Waals surface area (Å²) in [6.07, 6.45) is 5.51. The van der Waals surface area contributed by atoms with Crippen LogP contribution in [0.5, 0.6) is 0 Å². The molecule has 0 saturated carbocycles. The second-order valence-corrected chi connectivity index (χ2v) is 7.32. The highest BCUT2D eigenvalue weighted by Gasteiger charge is 2.19. The van der Waals surface area contributed by atoms with E-state index in [2.05, 4.69) is 10.4 Å². The molecule has 148 valence electrons. The first-order chi connectivity index (χ1) is 14.2. The molecule has 2 aromatic carbocycles. The Morgan fingerprint density at radius 2 is 1.76 bits per heavy atom. The van der Waals surface area contributed by atoms with E-state index in [1.807, 2.05) is 65.7 Å². The summed E-state index contributed by atoms with van der Waals surface area (Å²) < 4.78 is 1.77. The van der Waals surface area contributed by atoms with Gasteiger partial charge in [-0.25, -0.2) is 4.68 Å². The minimum Gasteiger partial charge on any atom is -0.352 e. The van der Waals surface area contributed by atoms with Crippen LogP contribution in [0.3, 0.4) is 0 Å². The molecule has 2 heterocycles. The second kappa shape index (κ2) is 8.73. The molecule has 0 unspecified atom stereocenters. The Morgan fingerprint density at radius 1 is 1.00 bits per heavy atom. The van der Waals surface area contributed by atoms with Gasteiger partial charge in [-0.2, -0.15) is 5.10 Å². The summed E-state index contributed by atoms with van der Waals surface area (Å²) in [6.45, 7) is 1.99. The molecule has 4 rings (SSSR count). The number of benzene rings is 2. The van der Waals surface area contributed by atoms with E-state index in [1.54, 1.807) is 10.9 Å². The number of para-hydroxylation sites is 1. The Morgan fingerprint density at radius 3 is 2.48 bits per heavy atom. The summed E-state index contributed by atoms with van der Waals surface area (Å²) in [4.78, 5) is 25.9. The smallest absolute Gasteiger partial charge is 0.224 e. The third-order valence-corrected chi connectivity index (χ3v) is 5.08. The monoisotopic (exact) mass is 388 g/mol. The standard InChI is InChI=1S/C23H24N4O2/c28-22(13-20-15-25-27(17-20)21-5-2-1-3-6-21)24-14-18-8-10-19(11-9-18)16-26-12-4-7-23(26)29/h1-3,5-6,8-11,15,17H,4,7,12-14,16H2,(H,24,28). The van der Waals surface area contributed by atoms with Gasteiger partial charge in [0.05, 0.1) is 18.3 Å². The molecular formula is C23H24N4O2. The lowest BCUT2D eigenvalue weighted by atomic mass is 10.1. The van der Waals surface area contributed by atoms with Crippen LogP contribution in [0, 0.1) is 0 Å². The predicted octanol–water partition coefficient (Wildman–Crippen LogP) is 2.85. The lowest BCUT2D eigenvalue weighted by Gasteiger charge is -2.15. The van der Waals surface area contributed by atoms with Gasteiger partial charge >= 0.3 is 0 Å². The average molecular weight is 388 g/mol. The van der Waals surface area contributed by atoms with Crippen LogP contribution in [-0.2, 0) is 29.1 Å². The number of nitrogens with zero attached hydrogens (tertiary/aromatic N) is 3. The molecule has 29 heavy (non-hydrogen) atoms. The maximum absolute atomic E-state index is 12.3. The average Bonchev–Trinajstić information content (AvgIpc) is 3.37. The van der Waals surface area contributed by atoms with Crippen molar-refractivity contribution < 1.29 is 9.59 Å². The lowest BCUT2D eigenvalue weighted by Crippen LogP contribution is -2.25. The van der Waals surface area contributed by atoms with E-state index in [0.29, 0.717) is 25.9 Å². The third kappa shape index (κ3) is 4.90. The molecule has 0 bridgehead atoms. The predicted molar refractivity (Wildman–Crippen MR) is 110 cm³/mol. The van der Waals surface area contributed by atoms with E-state index >= 15 is 0 Å². The van der Waals surface area contributed by atoms with E-state index in [0.717, 1.165) is 35.3 Å². The Labute approximate surface area is 170 Å². The first-order valence-electron chi connectivity index (χ1n) is 9.89. The highest BCUT2D eigenvalue weighted by Crippen LogP contribution is 2.15. The maximum Gasteiger partial charge on any atom is 0.224 e. The minimum absolute atomic E-state index is 0.0376. The van der Waals surface area contributed by atoms with Crippen LogP contribution in [0.15, 0.2) is 67.0 Å². The number of carbonyl (C=O) groups is 2. The van der Waals surface area contributed by atoms with Crippen LogP contribution < -0.4 is 5.32 Å². The molecule has 6 nitrogen and oxygen atoms in total. The van der Waals surface area contributed by atoms with Crippen molar-refractivity contribution in [3.05, 3.63) is 83.7 Å². The van der Waals surface area contributed by atoms with E-state index < -0.39 is 0 Å². The number of likely N-dealkylation sites (tertiary alicyclic amines) is 1. The molecular weight excluding hydrogens is 364 g/mol. The first-order valence-corrected chi connectivity index (χ1v) is 9.89. The van der Waals surface area contributed by atoms with Crippen LogP contribution in [0.2, 0.25) is 0 Å². The summed E-state index contributed by atoms with van der Waals surface area (Å²) in [5, 5.41) is 7.28. The number of aromatic nitrogens is 2. The Hall–Kier alpha value is -3.41. The summed E-state index contributed by atoms with van der Waals surface area (Å²) in [5.41, 5.74) is 3.99. The number of amides is 2. The second-order valence-electron chi connectivity index (χ2n) is 7.32. The quantitative estimate of drug-likeness (QED) is 0.677. The molecule has 1 fully saturated rings. The fourth-order valence-corrected chi connectivity index (χ4v) is 3.48. The molecule has 1 aromatic heterocycles. The summed E-state index contributed by atoms with van der Waals surface area (Å²) >= 11 is 0. The Kier molecular flexibility index (Phi) is 5.70. The Bertz CT molecular complexity index is 980. The topological polar surface area (TPSA) is 67.2 Å². The van der Waals surface area contributed by atoms with E-state index in [-0.39, 0.29) is 11.8 Å². The van der Waals surface area contributed by atoms with Crippen molar-refractivity contribution in [2.45, 2.75) is 32.4 Å². The van der Waals surface area contributed by atoms with Crippen molar-refractivity contribution >= 4 is 11.8 Å². The van der Waals surface area contributed by atoms with Crippen molar-refractivity contribution in [1.29, 1.82) is 0 Å². The first kappa shape index (κ1) is 18.9. The zero-order valence-corrected chi connectivity index (χ0v) is 16.3. The van der Waals surface area contributed by atoms with Crippen LogP contribution in [-0.4, -0.2) is 33.0 Å². The lowest BCUT2D eigenvalue weighted by molar-refractivity contribution is -0.128. The van der Waals surface area contributed by atoms with Gasteiger partial charge in [0.2, 0.25) is 11.8 Å². The number of hydrogen-bond acceptors (Lipinski definition) is 3. The molecule has 0 spiro atoms. The molecule has 1 N–H and O–H groups in total. The summed E-state index contributed by atoms with van der Waals surface area (Å²) in [6, 6.07) is 17.9. The van der Waals surface area contributed by atoms with Gasteiger partial charge < -0.3 is 10.2 Å². The van der Waals surface area contributed by atoms with Crippen molar-refractivity contribution in [1.82, 2.24) is 20.0 Å². The molecule has 2 amide bonds. The summed E-state index contributed by atoms with van der Waals surface area (Å²) in [7, 11) is 0. The van der Waals surface area contributed by atoms with E-state index in [1.165, 1.54) is 0 Å². The molecule has 1 saturated heterocycles. The highest BCUT2D eigenvalue weighted by atomic mass is 16.2. The molecule has 6 heteroatoms. The largest absolute Gasteiger partial charge is 0.352 e. The van der Waals surface area contributed by atoms with Crippen molar-refractivity contribution in [2.75, 3.05) is 6.54 Å². The molecule has 0 radical (unpaired) electrons. The Balaban J connectivity index is 1.26. The van der Waals surface area contributed by atoms with Crippen molar-refractivity contribution in [2.24, 2.45) is 0 Å². The maximum atomic E-state index is 12.3. The number of carbonyl (C=O) groups excluding carboxylic acids is 2. The van der Waals surface area contributed by atoms with Gasteiger partial charge in [0.25, 0.3) is 0 Å². The van der Waals surface area contributed by atoms with Gasteiger partial charge in [-0.05, 0) is 35.2 Å². The highest BCUT2D eigenvalue weighted by molar-refractivity contribution is 5.78. The van der Waals surface area contributed by atoms with Gasteiger partial charge in [-0.1, -0.05) is 42.5 Å². The van der Waals surface area contributed by atoms with Crippen LogP contribution in [0.4, 0.5) is 0 Å². The molecule has 0 atom stereocenters. The normalized spacial score (nSPS) is 13.7. The van der Waals surface area contributed by atoms with Gasteiger partial charge in [-0.15, -0.1) is 0 Å². The van der Waals surface area contributed by atoms with Crippen LogP contribution >= 0.6 is 0 Å². The fourth-order valence-electron chi connectivity index (χ4n) is 3.48. The van der Waals surface area contributed by atoms with Crippen molar-refractivity contribution in [3.63, 3.8) is 0 Å². The molecule has 1 aliphatic rings. The van der Waals surface area contributed by atoms with Gasteiger partial charge in [0.15, 0.2) is 0 Å². The van der Waals surface area contributed by atoms with Crippen molar-refractivity contribution in [3.8, 4) is 5.69 Å². The molecule has 0 aliphatic carbocycles. The molecule has 1 aliphatic heterocycles. The van der Waals surface area contributed by atoms with E-state index in [9.17, 15) is 9.59 Å². The zero-order valence-electron chi connectivity index (χ0n) is 16.3. The SMILES string of the molecule is O=C(Cc1cnn(-c2ccccc2)c1)NCc1ccc(CN2CCCC2=O)cc1. The zero-order chi connectivity index (χ0) is 20.1.